The maximum absolute atomic E-state index is 12.4. The number of hydrogen-bond donors (Lipinski definition) is 2. The maximum atomic E-state index is 12.4. The maximum Gasteiger partial charge on any atom is 0.239 e. The standard InChI is InChI=1S/C15H22N2O2S/c1-2-13-10-17(7-8-20-13)15(19)14(16)9-11-3-5-12(18)6-4-11/h3-6,13-14,18H,2,7-10,16H2,1H3. The summed E-state index contributed by atoms with van der Waals surface area (Å²) in [4.78, 5) is 14.3. The minimum atomic E-state index is -0.500. The number of thioether (sulfide) groups is 1. The Morgan fingerprint density at radius 2 is 2.20 bits per heavy atom. The number of nitrogens with two attached hydrogens (primary N) is 1. The Labute approximate surface area is 124 Å². The van der Waals surface area contributed by atoms with Crippen molar-refractivity contribution in [1.82, 2.24) is 4.90 Å². The minimum Gasteiger partial charge on any atom is -0.508 e. The van der Waals surface area contributed by atoms with Crippen LogP contribution in [0.15, 0.2) is 24.3 Å². The normalized spacial score (nSPS) is 20.7. The number of amides is 1. The molecule has 2 unspecified atom stereocenters. The van der Waals surface area contributed by atoms with Crippen molar-refractivity contribution in [1.29, 1.82) is 0 Å². The van der Waals surface area contributed by atoms with E-state index < -0.39 is 6.04 Å². The van der Waals surface area contributed by atoms with Crippen molar-refractivity contribution in [2.24, 2.45) is 5.73 Å². The molecule has 1 aromatic rings. The van der Waals surface area contributed by atoms with Crippen LogP contribution in [0, 0.1) is 0 Å². The average Bonchev–Trinajstić information content (AvgIpc) is 2.48. The Morgan fingerprint density at radius 1 is 1.50 bits per heavy atom. The van der Waals surface area contributed by atoms with Gasteiger partial charge in [0.1, 0.15) is 5.75 Å². The molecular weight excluding hydrogens is 272 g/mol. The molecule has 0 aromatic heterocycles. The van der Waals surface area contributed by atoms with Crippen LogP contribution in [0.2, 0.25) is 0 Å². The van der Waals surface area contributed by atoms with Crippen LogP contribution in [-0.4, -0.2) is 46.0 Å². The van der Waals surface area contributed by atoms with E-state index in [0.29, 0.717) is 11.7 Å². The highest BCUT2D eigenvalue weighted by Crippen LogP contribution is 2.21. The number of carbonyl (C=O) groups is 1. The number of carbonyl (C=O) groups excluding carboxylic acids is 1. The molecule has 3 N–H and O–H groups in total. The molecule has 0 spiro atoms. The Hall–Kier alpha value is -1.20. The van der Waals surface area contributed by atoms with E-state index in [1.807, 2.05) is 28.8 Å². The fourth-order valence-corrected chi connectivity index (χ4v) is 3.55. The molecule has 2 atom stereocenters. The minimum absolute atomic E-state index is 0.0387. The van der Waals surface area contributed by atoms with Gasteiger partial charge in [-0.3, -0.25) is 4.79 Å². The highest BCUT2D eigenvalue weighted by molar-refractivity contribution is 8.00. The molecule has 1 aromatic carbocycles. The van der Waals surface area contributed by atoms with E-state index in [1.165, 1.54) is 0 Å². The van der Waals surface area contributed by atoms with Gasteiger partial charge in [-0.25, -0.2) is 0 Å². The zero-order valence-electron chi connectivity index (χ0n) is 11.8. The van der Waals surface area contributed by atoms with Crippen molar-refractivity contribution in [2.75, 3.05) is 18.8 Å². The first-order valence-corrected chi connectivity index (χ1v) is 8.09. The molecule has 1 aliphatic rings. The van der Waals surface area contributed by atoms with Gasteiger partial charge in [0.25, 0.3) is 0 Å². The average molecular weight is 294 g/mol. The van der Waals surface area contributed by atoms with Crippen molar-refractivity contribution in [2.45, 2.75) is 31.1 Å². The predicted molar refractivity (Wildman–Crippen MR) is 82.9 cm³/mol. The van der Waals surface area contributed by atoms with Crippen LogP contribution in [0.1, 0.15) is 18.9 Å². The lowest BCUT2D eigenvalue weighted by atomic mass is 10.1. The summed E-state index contributed by atoms with van der Waals surface area (Å²) in [5, 5.41) is 9.79. The van der Waals surface area contributed by atoms with E-state index in [2.05, 4.69) is 6.92 Å². The molecule has 1 saturated heterocycles. The van der Waals surface area contributed by atoms with E-state index >= 15 is 0 Å². The van der Waals surface area contributed by atoms with Gasteiger partial charge in [-0.2, -0.15) is 11.8 Å². The van der Waals surface area contributed by atoms with Gasteiger partial charge < -0.3 is 15.7 Å². The molecule has 20 heavy (non-hydrogen) atoms. The molecule has 1 amide bonds. The summed E-state index contributed by atoms with van der Waals surface area (Å²) in [6.07, 6.45) is 1.60. The smallest absolute Gasteiger partial charge is 0.239 e. The van der Waals surface area contributed by atoms with Crippen LogP contribution in [0.5, 0.6) is 5.75 Å². The van der Waals surface area contributed by atoms with E-state index in [-0.39, 0.29) is 11.7 Å². The third kappa shape index (κ3) is 3.90. The predicted octanol–water partition coefficient (Wildman–Crippen LogP) is 1.62. The van der Waals surface area contributed by atoms with Crippen molar-refractivity contribution in [3.8, 4) is 5.75 Å². The molecule has 110 valence electrons. The van der Waals surface area contributed by atoms with Crippen LogP contribution in [0.25, 0.3) is 0 Å². The van der Waals surface area contributed by atoms with Gasteiger partial charge in [-0.1, -0.05) is 19.1 Å². The fraction of sp³-hybridized carbons (Fsp3) is 0.533. The number of phenolic OH excluding ortho intramolecular Hbond substituents is 1. The van der Waals surface area contributed by atoms with Gasteiger partial charge in [0.15, 0.2) is 0 Å². The second-order valence-corrected chi connectivity index (χ2v) is 6.57. The molecule has 0 bridgehead atoms. The quantitative estimate of drug-likeness (QED) is 0.885. The molecule has 0 radical (unpaired) electrons. The third-order valence-electron chi connectivity index (χ3n) is 3.61. The topological polar surface area (TPSA) is 66.6 Å². The van der Waals surface area contributed by atoms with Crippen LogP contribution < -0.4 is 5.73 Å². The van der Waals surface area contributed by atoms with Gasteiger partial charge in [-0.15, -0.1) is 0 Å². The van der Waals surface area contributed by atoms with Crippen molar-refractivity contribution < 1.29 is 9.90 Å². The first kappa shape index (κ1) is 15.2. The van der Waals surface area contributed by atoms with Crippen LogP contribution in [0.3, 0.4) is 0 Å². The number of nitrogens with zero attached hydrogens (tertiary/aromatic N) is 1. The van der Waals surface area contributed by atoms with E-state index in [1.54, 1.807) is 12.1 Å². The van der Waals surface area contributed by atoms with Crippen molar-refractivity contribution >= 4 is 17.7 Å². The molecule has 2 rings (SSSR count). The van der Waals surface area contributed by atoms with Gasteiger partial charge in [-0.05, 0) is 30.5 Å². The summed E-state index contributed by atoms with van der Waals surface area (Å²) in [7, 11) is 0. The summed E-state index contributed by atoms with van der Waals surface area (Å²) in [5.74, 6) is 1.26. The summed E-state index contributed by atoms with van der Waals surface area (Å²) >= 11 is 1.94. The monoisotopic (exact) mass is 294 g/mol. The first-order valence-electron chi connectivity index (χ1n) is 7.04. The van der Waals surface area contributed by atoms with Gasteiger partial charge in [0, 0.05) is 24.1 Å². The highest BCUT2D eigenvalue weighted by atomic mass is 32.2. The lowest BCUT2D eigenvalue weighted by molar-refractivity contribution is -0.132. The SMILES string of the molecule is CCC1CN(C(=O)C(N)Cc2ccc(O)cc2)CCS1. The van der Waals surface area contributed by atoms with E-state index in [4.69, 9.17) is 5.73 Å². The number of hydrogen-bond acceptors (Lipinski definition) is 4. The summed E-state index contributed by atoms with van der Waals surface area (Å²) in [6.45, 7) is 3.76. The molecule has 1 heterocycles. The van der Waals surface area contributed by atoms with E-state index in [9.17, 15) is 9.90 Å². The molecular formula is C15H22N2O2S. The first-order chi connectivity index (χ1) is 9.60. The van der Waals surface area contributed by atoms with Gasteiger partial charge >= 0.3 is 0 Å². The Morgan fingerprint density at radius 3 is 2.85 bits per heavy atom. The molecule has 5 heteroatoms. The number of benzene rings is 1. The number of phenols is 1. The van der Waals surface area contributed by atoms with Gasteiger partial charge in [0.2, 0.25) is 5.91 Å². The number of aromatic hydroxyl groups is 1. The molecule has 1 aliphatic heterocycles. The largest absolute Gasteiger partial charge is 0.508 e. The van der Waals surface area contributed by atoms with Crippen LogP contribution in [-0.2, 0) is 11.2 Å². The van der Waals surface area contributed by atoms with Crippen molar-refractivity contribution in [3.63, 3.8) is 0 Å². The second kappa shape index (κ2) is 6.99. The summed E-state index contributed by atoms with van der Waals surface area (Å²) in [6, 6.07) is 6.36. The Bertz CT molecular complexity index is 450. The van der Waals surface area contributed by atoms with Crippen LogP contribution in [0.4, 0.5) is 0 Å². The zero-order chi connectivity index (χ0) is 14.5. The fourth-order valence-electron chi connectivity index (χ4n) is 2.37. The lowest BCUT2D eigenvalue weighted by Gasteiger charge is -2.33. The number of rotatable bonds is 4. The molecule has 0 saturated carbocycles. The molecule has 0 aliphatic carbocycles. The lowest BCUT2D eigenvalue weighted by Crippen LogP contribution is -2.49. The van der Waals surface area contributed by atoms with E-state index in [0.717, 1.165) is 30.8 Å². The van der Waals surface area contributed by atoms with Gasteiger partial charge in [0.05, 0.1) is 6.04 Å². The highest BCUT2D eigenvalue weighted by Gasteiger charge is 2.26. The summed E-state index contributed by atoms with van der Waals surface area (Å²) in [5.41, 5.74) is 7.02. The zero-order valence-corrected chi connectivity index (χ0v) is 12.6. The second-order valence-electron chi connectivity index (χ2n) is 5.16. The summed E-state index contributed by atoms with van der Waals surface area (Å²) < 4.78 is 0. The molecule has 1 fully saturated rings. The third-order valence-corrected chi connectivity index (χ3v) is 4.99. The Balaban J connectivity index is 1.92. The van der Waals surface area contributed by atoms with Crippen LogP contribution >= 0.6 is 11.8 Å². The van der Waals surface area contributed by atoms with Crippen molar-refractivity contribution in [3.05, 3.63) is 29.8 Å². The Kier molecular flexibility index (Phi) is 5.31. The molecule has 4 nitrogen and oxygen atoms in total.